The Hall–Kier alpha value is -2.72. The molecule has 188 valence electrons. The van der Waals surface area contributed by atoms with Crippen molar-refractivity contribution < 1.29 is 23.1 Å². The number of amides is 1. The number of carbonyl (C=O) groups excluding carboxylic acids is 1. The Bertz CT molecular complexity index is 1060. The molecule has 35 heavy (non-hydrogen) atoms. The highest BCUT2D eigenvalue weighted by Crippen LogP contribution is 2.43. The molecule has 3 heterocycles. The number of piperazine rings is 1. The van der Waals surface area contributed by atoms with Crippen LogP contribution in [0.4, 0.5) is 19.0 Å². The van der Waals surface area contributed by atoms with Crippen LogP contribution in [-0.4, -0.2) is 64.6 Å². The largest absolute Gasteiger partial charge is 0.416 e. The van der Waals surface area contributed by atoms with Crippen molar-refractivity contribution >= 4 is 11.7 Å². The van der Waals surface area contributed by atoms with Gasteiger partial charge in [0.2, 0.25) is 5.91 Å². The molecule has 2 saturated heterocycles. The van der Waals surface area contributed by atoms with E-state index in [1.165, 1.54) is 18.5 Å². The van der Waals surface area contributed by atoms with Crippen LogP contribution >= 0.6 is 0 Å². The Morgan fingerprint density at radius 1 is 1.14 bits per heavy atom. The summed E-state index contributed by atoms with van der Waals surface area (Å²) in [4.78, 5) is 26.4. The fourth-order valence-corrected chi connectivity index (χ4v) is 5.71. The minimum Gasteiger partial charge on any atom is -0.387 e. The van der Waals surface area contributed by atoms with Crippen LogP contribution in [0.3, 0.4) is 0 Å². The zero-order chi connectivity index (χ0) is 24.7. The number of anilines is 1. The number of benzene rings is 1. The van der Waals surface area contributed by atoms with Crippen molar-refractivity contribution in [3.8, 4) is 0 Å². The number of rotatable bonds is 4. The number of alkyl halides is 3. The number of aromatic nitrogens is 2. The van der Waals surface area contributed by atoms with Gasteiger partial charge >= 0.3 is 6.18 Å². The molecular weight excluding hydrogens is 459 g/mol. The molecule has 2 fully saturated rings. The standard InChI is InChI=1S/C25H30F3N5O2/c1-15-13-19(34)22-20(15)23(31-14-30-22)32-9-11-33(12-10-32)24(35)21(18-3-2-8-29-18)16-4-6-17(7-5-16)25(26,27)28/h4-7,14-15,18-19,21,29,34H,2-3,8-13H2,1H3/t15-,18+,19-,21+/m1/s1. The number of halogens is 3. The Morgan fingerprint density at radius 2 is 1.86 bits per heavy atom. The lowest BCUT2D eigenvalue weighted by Crippen LogP contribution is -2.52. The van der Waals surface area contributed by atoms with Gasteiger partial charge in [0, 0.05) is 37.8 Å². The predicted octanol–water partition coefficient (Wildman–Crippen LogP) is 3.22. The summed E-state index contributed by atoms with van der Waals surface area (Å²) in [7, 11) is 0. The number of carbonyl (C=O) groups is 1. The van der Waals surface area contributed by atoms with Gasteiger partial charge in [0.1, 0.15) is 12.1 Å². The lowest BCUT2D eigenvalue weighted by molar-refractivity contribution is -0.137. The normalized spacial score (nSPS) is 25.6. The predicted molar refractivity (Wildman–Crippen MR) is 124 cm³/mol. The maximum Gasteiger partial charge on any atom is 0.416 e. The average molecular weight is 490 g/mol. The van der Waals surface area contributed by atoms with Gasteiger partial charge in [-0.2, -0.15) is 13.2 Å². The number of nitrogens with one attached hydrogen (secondary N) is 1. The first-order chi connectivity index (χ1) is 16.7. The molecule has 3 aliphatic rings. The second-order valence-electron chi connectivity index (χ2n) is 9.76. The molecule has 0 bridgehead atoms. The molecule has 0 radical (unpaired) electrons. The fourth-order valence-electron chi connectivity index (χ4n) is 5.71. The molecule has 2 aromatic rings. The summed E-state index contributed by atoms with van der Waals surface area (Å²) in [5.41, 5.74) is 1.58. The van der Waals surface area contributed by atoms with Crippen molar-refractivity contribution in [3.05, 3.63) is 53.0 Å². The molecule has 10 heteroatoms. The Balaban J connectivity index is 1.32. The zero-order valence-electron chi connectivity index (χ0n) is 19.6. The SMILES string of the molecule is C[C@@H]1C[C@@H](O)c2ncnc(N3CCN(C(=O)[C@@H](c4ccc(C(F)(F)F)cc4)[C@@H]4CCCN4)CC3)c21. The molecule has 5 rings (SSSR count). The fraction of sp³-hybridized carbons (Fsp3) is 0.560. The highest BCUT2D eigenvalue weighted by molar-refractivity contribution is 5.85. The van der Waals surface area contributed by atoms with E-state index in [4.69, 9.17) is 0 Å². The van der Waals surface area contributed by atoms with Gasteiger partial charge in [0.05, 0.1) is 23.3 Å². The second-order valence-corrected chi connectivity index (χ2v) is 9.76. The van der Waals surface area contributed by atoms with E-state index in [2.05, 4.69) is 27.1 Å². The molecule has 0 unspecified atom stereocenters. The van der Waals surface area contributed by atoms with Gasteiger partial charge in [0.25, 0.3) is 0 Å². The molecule has 2 N–H and O–H groups in total. The first kappa shape index (κ1) is 24.0. The van der Waals surface area contributed by atoms with E-state index >= 15 is 0 Å². The summed E-state index contributed by atoms with van der Waals surface area (Å²) in [6, 6.07) is 4.92. The highest BCUT2D eigenvalue weighted by atomic mass is 19.4. The van der Waals surface area contributed by atoms with E-state index in [1.54, 1.807) is 0 Å². The Labute approximate surface area is 202 Å². The summed E-state index contributed by atoms with van der Waals surface area (Å²) in [5, 5.41) is 13.7. The number of hydrogen-bond acceptors (Lipinski definition) is 6. The van der Waals surface area contributed by atoms with Crippen LogP contribution in [0.1, 0.15) is 66.5 Å². The van der Waals surface area contributed by atoms with E-state index in [0.29, 0.717) is 43.9 Å². The van der Waals surface area contributed by atoms with Crippen molar-refractivity contribution in [2.45, 2.75) is 56.3 Å². The van der Waals surface area contributed by atoms with Crippen molar-refractivity contribution in [1.82, 2.24) is 20.2 Å². The summed E-state index contributed by atoms with van der Waals surface area (Å²) >= 11 is 0. The van der Waals surface area contributed by atoms with E-state index in [0.717, 1.165) is 42.9 Å². The molecule has 7 nitrogen and oxygen atoms in total. The molecule has 4 atom stereocenters. The molecule has 0 spiro atoms. The molecule has 2 aliphatic heterocycles. The van der Waals surface area contributed by atoms with Gasteiger partial charge in [-0.15, -0.1) is 0 Å². The monoisotopic (exact) mass is 489 g/mol. The van der Waals surface area contributed by atoms with E-state index in [-0.39, 0.29) is 17.9 Å². The van der Waals surface area contributed by atoms with E-state index in [1.807, 2.05) is 4.90 Å². The van der Waals surface area contributed by atoms with Crippen LogP contribution in [0, 0.1) is 0 Å². The molecule has 1 aromatic heterocycles. The summed E-state index contributed by atoms with van der Waals surface area (Å²) in [5.74, 6) is 0.404. The summed E-state index contributed by atoms with van der Waals surface area (Å²) < 4.78 is 39.2. The molecule has 1 amide bonds. The summed E-state index contributed by atoms with van der Waals surface area (Å²) in [6.07, 6.45) is -1.12. The second kappa shape index (κ2) is 9.39. The minimum absolute atomic E-state index is 0.0551. The van der Waals surface area contributed by atoms with Crippen molar-refractivity contribution in [2.75, 3.05) is 37.6 Å². The van der Waals surface area contributed by atoms with Crippen molar-refractivity contribution in [3.63, 3.8) is 0 Å². The Morgan fingerprint density at radius 3 is 2.49 bits per heavy atom. The maximum absolute atomic E-state index is 13.7. The lowest BCUT2D eigenvalue weighted by atomic mass is 9.88. The topological polar surface area (TPSA) is 81.6 Å². The lowest BCUT2D eigenvalue weighted by Gasteiger charge is -2.39. The molecule has 1 aliphatic carbocycles. The molecule has 0 saturated carbocycles. The van der Waals surface area contributed by atoms with Gasteiger partial charge in [-0.05, 0) is 49.4 Å². The van der Waals surface area contributed by atoms with Crippen molar-refractivity contribution in [1.29, 1.82) is 0 Å². The van der Waals surface area contributed by atoms with Crippen molar-refractivity contribution in [2.24, 2.45) is 0 Å². The minimum atomic E-state index is -4.41. The van der Waals surface area contributed by atoms with Gasteiger partial charge in [0.15, 0.2) is 0 Å². The van der Waals surface area contributed by atoms with E-state index < -0.39 is 23.8 Å². The maximum atomic E-state index is 13.7. The molecule has 1 aromatic carbocycles. The van der Waals surface area contributed by atoms with Gasteiger partial charge in [-0.1, -0.05) is 19.1 Å². The highest BCUT2D eigenvalue weighted by Gasteiger charge is 2.38. The number of fused-ring (bicyclic) bond motifs is 1. The zero-order valence-corrected chi connectivity index (χ0v) is 19.6. The van der Waals surface area contributed by atoms with Crippen LogP contribution in [-0.2, 0) is 11.0 Å². The van der Waals surface area contributed by atoms with Gasteiger partial charge in [-0.25, -0.2) is 9.97 Å². The smallest absolute Gasteiger partial charge is 0.387 e. The Kier molecular flexibility index (Phi) is 6.43. The van der Waals surface area contributed by atoms with Crippen LogP contribution in [0.25, 0.3) is 0 Å². The number of nitrogens with zero attached hydrogens (tertiary/aromatic N) is 4. The number of aliphatic hydroxyl groups is 1. The average Bonchev–Trinajstić information content (AvgIpc) is 3.47. The quantitative estimate of drug-likeness (QED) is 0.687. The van der Waals surface area contributed by atoms with E-state index in [9.17, 15) is 23.1 Å². The third-order valence-corrected chi connectivity index (χ3v) is 7.53. The summed E-state index contributed by atoms with van der Waals surface area (Å²) in [6.45, 7) is 5.04. The number of hydrogen-bond donors (Lipinski definition) is 2. The third kappa shape index (κ3) is 4.61. The van der Waals surface area contributed by atoms with Crippen LogP contribution in [0.2, 0.25) is 0 Å². The van der Waals surface area contributed by atoms with Crippen LogP contribution < -0.4 is 10.2 Å². The van der Waals surface area contributed by atoms with Gasteiger partial charge < -0.3 is 20.2 Å². The van der Waals surface area contributed by atoms with Crippen LogP contribution in [0.15, 0.2) is 30.6 Å². The molecular formula is C25H30F3N5O2. The third-order valence-electron chi connectivity index (χ3n) is 7.53. The first-order valence-electron chi connectivity index (χ1n) is 12.2. The first-order valence-corrected chi connectivity index (χ1v) is 12.2. The van der Waals surface area contributed by atoms with Crippen LogP contribution in [0.5, 0.6) is 0 Å². The number of aliphatic hydroxyl groups excluding tert-OH is 1. The van der Waals surface area contributed by atoms with Gasteiger partial charge in [-0.3, -0.25) is 4.79 Å².